The minimum Gasteiger partial charge on any atom is -0.268 e. The van der Waals surface area contributed by atoms with E-state index >= 15 is 0 Å². The van der Waals surface area contributed by atoms with Gasteiger partial charge in [0, 0.05) is 18.6 Å². The van der Waals surface area contributed by atoms with Crippen LogP contribution in [0.25, 0.3) is 22.0 Å². The second-order valence-corrected chi connectivity index (χ2v) is 5.92. The van der Waals surface area contributed by atoms with Crippen molar-refractivity contribution in [2.24, 2.45) is 7.05 Å². The summed E-state index contributed by atoms with van der Waals surface area (Å²) in [6, 6.07) is 15.0. The van der Waals surface area contributed by atoms with E-state index < -0.39 is 0 Å². The Morgan fingerprint density at radius 2 is 1.87 bits per heavy atom. The van der Waals surface area contributed by atoms with Crippen molar-refractivity contribution in [3.8, 4) is 11.1 Å². The second kappa shape index (κ2) is 5.39. The molecule has 4 nitrogen and oxygen atoms in total. The molecule has 0 amide bonds. The van der Waals surface area contributed by atoms with Gasteiger partial charge in [0.1, 0.15) is 0 Å². The molecule has 0 radical (unpaired) electrons. The van der Waals surface area contributed by atoms with Crippen LogP contribution in [0.15, 0.2) is 61.1 Å². The molecule has 0 aliphatic rings. The highest BCUT2D eigenvalue weighted by atomic mass is 15.3. The van der Waals surface area contributed by atoms with E-state index in [-0.39, 0.29) is 0 Å². The van der Waals surface area contributed by atoms with Crippen LogP contribution < -0.4 is 0 Å². The summed E-state index contributed by atoms with van der Waals surface area (Å²) in [6.07, 6.45) is 5.89. The van der Waals surface area contributed by atoms with Gasteiger partial charge in [-0.2, -0.15) is 10.2 Å². The Bertz CT molecular complexity index is 978. The van der Waals surface area contributed by atoms with Gasteiger partial charge in [0.25, 0.3) is 0 Å². The molecular formula is C19H18N4. The monoisotopic (exact) mass is 302 g/mol. The molecule has 4 heteroatoms. The zero-order valence-corrected chi connectivity index (χ0v) is 13.3. The molecule has 0 aliphatic heterocycles. The number of fused-ring (bicyclic) bond motifs is 1. The largest absolute Gasteiger partial charge is 0.268 e. The van der Waals surface area contributed by atoms with Crippen LogP contribution in [0, 0.1) is 6.92 Å². The Morgan fingerprint density at radius 1 is 1.00 bits per heavy atom. The molecule has 2 aromatic heterocycles. The summed E-state index contributed by atoms with van der Waals surface area (Å²) in [4.78, 5) is 0. The fourth-order valence-corrected chi connectivity index (χ4v) is 3.01. The van der Waals surface area contributed by atoms with Crippen molar-refractivity contribution < 1.29 is 0 Å². The molecule has 0 atom stereocenters. The van der Waals surface area contributed by atoms with Crippen LogP contribution in [-0.2, 0) is 13.6 Å². The van der Waals surface area contributed by atoms with Crippen LogP contribution in [0.4, 0.5) is 0 Å². The smallest absolute Gasteiger partial charge is 0.0685 e. The number of hydrogen-bond donors (Lipinski definition) is 0. The van der Waals surface area contributed by atoms with Gasteiger partial charge in [-0.05, 0) is 41.3 Å². The predicted octanol–water partition coefficient (Wildman–Crippen LogP) is 3.79. The van der Waals surface area contributed by atoms with Gasteiger partial charge in [0.15, 0.2) is 0 Å². The van der Waals surface area contributed by atoms with Crippen LogP contribution in [0.2, 0.25) is 0 Å². The molecule has 4 aromatic rings. The molecule has 0 saturated carbocycles. The molecule has 0 N–H and O–H groups in total. The lowest BCUT2D eigenvalue weighted by Crippen LogP contribution is -1.99. The molecule has 23 heavy (non-hydrogen) atoms. The number of rotatable bonds is 3. The van der Waals surface area contributed by atoms with E-state index in [1.807, 2.05) is 28.8 Å². The van der Waals surface area contributed by atoms with E-state index in [9.17, 15) is 0 Å². The second-order valence-electron chi connectivity index (χ2n) is 5.92. The zero-order chi connectivity index (χ0) is 15.8. The van der Waals surface area contributed by atoms with Gasteiger partial charge < -0.3 is 0 Å². The minimum atomic E-state index is 0.782. The number of nitrogens with zero attached hydrogens (tertiary/aromatic N) is 4. The van der Waals surface area contributed by atoms with Crippen molar-refractivity contribution in [1.29, 1.82) is 0 Å². The van der Waals surface area contributed by atoms with Crippen LogP contribution in [-0.4, -0.2) is 19.6 Å². The fourth-order valence-electron chi connectivity index (χ4n) is 3.01. The summed E-state index contributed by atoms with van der Waals surface area (Å²) in [7, 11) is 1.97. The highest BCUT2D eigenvalue weighted by Gasteiger charge is 2.08. The molecule has 0 unspecified atom stereocenters. The summed E-state index contributed by atoms with van der Waals surface area (Å²) >= 11 is 0. The third kappa shape index (κ3) is 2.52. The number of hydrogen-bond acceptors (Lipinski definition) is 2. The Hall–Kier alpha value is -2.88. The summed E-state index contributed by atoms with van der Waals surface area (Å²) in [6.45, 7) is 2.84. The summed E-state index contributed by atoms with van der Waals surface area (Å²) in [5, 5.41) is 9.93. The SMILES string of the molecule is Cc1cnn(Cc2cccc(-c3cccc4c3cnn4C)c2)c1. The van der Waals surface area contributed by atoms with E-state index in [1.165, 1.54) is 27.6 Å². The summed E-state index contributed by atoms with van der Waals surface area (Å²) in [5.41, 5.74) is 6.00. The normalized spacial score (nSPS) is 11.2. The number of aryl methyl sites for hydroxylation is 2. The first-order valence-corrected chi connectivity index (χ1v) is 7.70. The minimum absolute atomic E-state index is 0.782. The van der Waals surface area contributed by atoms with E-state index in [4.69, 9.17) is 0 Å². The molecule has 2 aromatic carbocycles. The summed E-state index contributed by atoms with van der Waals surface area (Å²) in [5.74, 6) is 0. The highest BCUT2D eigenvalue weighted by molar-refractivity contribution is 5.94. The van der Waals surface area contributed by atoms with Crippen molar-refractivity contribution in [1.82, 2.24) is 19.6 Å². The maximum Gasteiger partial charge on any atom is 0.0685 e. The van der Waals surface area contributed by atoms with Crippen LogP contribution in [0.3, 0.4) is 0 Å². The number of aromatic nitrogens is 4. The quantitative estimate of drug-likeness (QED) is 0.577. The molecular weight excluding hydrogens is 284 g/mol. The molecule has 0 saturated heterocycles. The first-order chi connectivity index (χ1) is 11.2. The fraction of sp³-hybridized carbons (Fsp3) is 0.158. The van der Waals surface area contributed by atoms with Crippen molar-refractivity contribution in [3.63, 3.8) is 0 Å². The van der Waals surface area contributed by atoms with E-state index in [0.717, 1.165) is 12.1 Å². The van der Waals surface area contributed by atoms with E-state index in [0.29, 0.717) is 0 Å². The van der Waals surface area contributed by atoms with Gasteiger partial charge in [-0.3, -0.25) is 9.36 Å². The van der Waals surface area contributed by atoms with Gasteiger partial charge >= 0.3 is 0 Å². The number of benzene rings is 2. The van der Waals surface area contributed by atoms with Crippen LogP contribution >= 0.6 is 0 Å². The maximum absolute atomic E-state index is 4.38. The predicted molar refractivity (Wildman–Crippen MR) is 92.2 cm³/mol. The highest BCUT2D eigenvalue weighted by Crippen LogP contribution is 2.28. The first kappa shape index (κ1) is 13.8. The standard InChI is InChI=1S/C19H18N4/c1-14-10-21-23(12-14)13-15-5-3-6-16(9-15)17-7-4-8-19-18(17)11-20-22(19)2/h3-12H,13H2,1-2H3. The lowest BCUT2D eigenvalue weighted by Gasteiger charge is -2.07. The van der Waals surface area contributed by atoms with Crippen LogP contribution in [0.1, 0.15) is 11.1 Å². The Kier molecular flexibility index (Phi) is 3.23. The lowest BCUT2D eigenvalue weighted by molar-refractivity contribution is 0.686. The van der Waals surface area contributed by atoms with E-state index in [2.05, 4.69) is 65.8 Å². The van der Waals surface area contributed by atoms with Gasteiger partial charge in [0.05, 0.1) is 24.5 Å². The maximum atomic E-state index is 4.38. The third-order valence-corrected chi connectivity index (χ3v) is 4.14. The molecule has 114 valence electrons. The molecule has 0 aliphatic carbocycles. The third-order valence-electron chi connectivity index (χ3n) is 4.14. The molecule has 0 bridgehead atoms. The van der Waals surface area contributed by atoms with Crippen molar-refractivity contribution in [2.75, 3.05) is 0 Å². The molecule has 4 rings (SSSR count). The molecule has 2 heterocycles. The van der Waals surface area contributed by atoms with Gasteiger partial charge in [-0.15, -0.1) is 0 Å². The Labute approximate surface area is 135 Å². The zero-order valence-electron chi connectivity index (χ0n) is 13.3. The molecule has 0 spiro atoms. The van der Waals surface area contributed by atoms with Gasteiger partial charge in [-0.25, -0.2) is 0 Å². The average Bonchev–Trinajstić information content (AvgIpc) is 3.14. The topological polar surface area (TPSA) is 35.6 Å². The Morgan fingerprint density at radius 3 is 2.70 bits per heavy atom. The molecule has 0 fully saturated rings. The lowest BCUT2D eigenvalue weighted by atomic mass is 10.00. The first-order valence-electron chi connectivity index (χ1n) is 7.70. The van der Waals surface area contributed by atoms with Gasteiger partial charge in [0.2, 0.25) is 0 Å². The summed E-state index contributed by atoms with van der Waals surface area (Å²) < 4.78 is 3.88. The van der Waals surface area contributed by atoms with Gasteiger partial charge in [-0.1, -0.05) is 30.3 Å². The van der Waals surface area contributed by atoms with Crippen molar-refractivity contribution >= 4 is 10.9 Å². The van der Waals surface area contributed by atoms with Crippen LogP contribution in [0.5, 0.6) is 0 Å². The van der Waals surface area contributed by atoms with E-state index in [1.54, 1.807) is 0 Å². The average molecular weight is 302 g/mol. The van der Waals surface area contributed by atoms with Crippen molar-refractivity contribution in [2.45, 2.75) is 13.5 Å². The Balaban J connectivity index is 1.75. The van der Waals surface area contributed by atoms with Crippen molar-refractivity contribution in [3.05, 3.63) is 72.2 Å².